The first-order valence-electron chi connectivity index (χ1n) is 4.83. The lowest BCUT2D eigenvalue weighted by atomic mass is 10.3. The second-order valence-corrected chi connectivity index (χ2v) is 3.10. The van der Waals surface area contributed by atoms with E-state index in [1.807, 2.05) is 0 Å². The van der Waals surface area contributed by atoms with Crippen molar-refractivity contribution in [2.24, 2.45) is 0 Å². The topological polar surface area (TPSA) is 41.1 Å². The predicted molar refractivity (Wildman–Crippen MR) is 55.6 cm³/mol. The third-order valence-electron chi connectivity index (χ3n) is 1.70. The van der Waals surface area contributed by atoms with Gasteiger partial charge >= 0.3 is 0 Å². The molecule has 0 aromatic rings. The highest BCUT2D eigenvalue weighted by molar-refractivity contribution is 5.91. The van der Waals surface area contributed by atoms with Crippen LogP contribution < -0.4 is 10.6 Å². The van der Waals surface area contributed by atoms with Crippen LogP contribution in [0.4, 0.5) is 0 Å². The minimum Gasteiger partial charge on any atom is -0.352 e. The quantitative estimate of drug-likeness (QED) is 0.459. The summed E-state index contributed by atoms with van der Waals surface area (Å²) in [7, 11) is 0. The lowest BCUT2D eigenvalue weighted by molar-refractivity contribution is -0.117. The van der Waals surface area contributed by atoms with Gasteiger partial charge < -0.3 is 10.6 Å². The first kappa shape index (κ1) is 12.2. The fourth-order valence-electron chi connectivity index (χ4n) is 0.905. The van der Waals surface area contributed by atoms with Gasteiger partial charge in [0.05, 0.1) is 0 Å². The molecule has 0 spiro atoms. The van der Waals surface area contributed by atoms with Crippen LogP contribution in [0.3, 0.4) is 0 Å². The molecule has 13 heavy (non-hydrogen) atoms. The van der Waals surface area contributed by atoms with Gasteiger partial charge in [-0.25, -0.2) is 0 Å². The van der Waals surface area contributed by atoms with Crippen LogP contribution in [0.25, 0.3) is 0 Å². The van der Waals surface area contributed by atoms with E-state index in [0.717, 1.165) is 32.5 Å². The Hall–Kier alpha value is -0.830. The van der Waals surface area contributed by atoms with Crippen LogP contribution in [0, 0.1) is 0 Å². The predicted octanol–water partition coefficient (Wildman–Crippen LogP) is 1.07. The summed E-state index contributed by atoms with van der Waals surface area (Å²) in [6.07, 6.45) is 2.12. The molecule has 0 saturated heterocycles. The van der Waals surface area contributed by atoms with Crippen molar-refractivity contribution in [2.45, 2.75) is 26.7 Å². The molecule has 0 unspecified atom stereocenters. The zero-order valence-electron chi connectivity index (χ0n) is 8.65. The maximum atomic E-state index is 11.0. The van der Waals surface area contributed by atoms with Crippen molar-refractivity contribution < 1.29 is 4.79 Å². The molecule has 1 amide bonds. The van der Waals surface area contributed by atoms with Crippen molar-refractivity contribution in [3.63, 3.8) is 0 Å². The SMILES string of the molecule is C=C(C)C(=O)NCCCCNCC. The molecule has 0 fully saturated rings. The molecule has 0 bridgehead atoms. The summed E-state index contributed by atoms with van der Waals surface area (Å²) < 4.78 is 0. The molecule has 0 atom stereocenters. The van der Waals surface area contributed by atoms with Crippen molar-refractivity contribution in [2.75, 3.05) is 19.6 Å². The Balaban J connectivity index is 3.16. The zero-order chi connectivity index (χ0) is 10.1. The van der Waals surface area contributed by atoms with Crippen molar-refractivity contribution in [3.8, 4) is 0 Å². The lowest BCUT2D eigenvalue weighted by Crippen LogP contribution is -2.25. The number of carbonyl (C=O) groups excluding carboxylic acids is 1. The van der Waals surface area contributed by atoms with Gasteiger partial charge in [0.15, 0.2) is 0 Å². The molecular weight excluding hydrogens is 164 g/mol. The number of carbonyl (C=O) groups is 1. The average Bonchev–Trinajstić information content (AvgIpc) is 2.10. The van der Waals surface area contributed by atoms with Gasteiger partial charge in [-0.2, -0.15) is 0 Å². The van der Waals surface area contributed by atoms with Crippen LogP contribution >= 0.6 is 0 Å². The van der Waals surface area contributed by atoms with Gasteiger partial charge in [-0.1, -0.05) is 13.5 Å². The molecule has 0 aliphatic rings. The van der Waals surface area contributed by atoms with E-state index in [4.69, 9.17) is 0 Å². The van der Waals surface area contributed by atoms with Crippen LogP contribution in [0.15, 0.2) is 12.2 Å². The Morgan fingerprint density at radius 2 is 1.92 bits per heavy atom. The summed E-state index contributed by atoms with van der Waals surface area (Å²) in [6.45, 7) is 10.1. The molecule has 0 heterocycles. The highest BCUT2D eigenvalue weighted by atomic mass is 16.1. The van der Waals surface area contributed by atoms with Crippen LogP contribution in [-0.4, -0.2) is 25.5 Å². The number of rotatable bonds is 7. The van der Waals surface area contributed by atoms with Crippen molar-refractivity contribution >= 4 is 5.91 Å². The fourth-order valence-corrected chi connectivity index (χ4v) is 0.905. The standard InChI is InChI=1S/C10H20N2O/c1-4-11-7-5-6-8-12-10(13)9(2)3/h11H,2,4-8H2,1,3H3,(H,12,13). The molecule has 0 saturated carbocycles. The monoisotopic (exact) mass is 184 g/mol. The van der Waals surface area contributed by atoms with Gasteiger partial charge in [-0.05, 0) is 32.9 Å². The number of nitrogens with one attached hydrogen (secondary N) is 2. The second kappa shape index (κ2) is 7.80. The third-order valence-corrected chi connectivity index (χ3v) is 1.70. The average molecular weight is 184 g/mol. The van der Waals surface area contributed by atoms with Gasteiger partial charge in [-0.3, -0.25) is 4.79 Å². The van der Waals surface area contributed by atoms with Crippen molar-refractivity contribution in [1.82, 2.24) is 10.6 Å². The van der Waals surface area contributed by atoms with Crippen molar-refractivity contribution in [1.29, 1.82) is 0 Å². The van der Waals surface area contributed by atoms with Gasteiger partial charge in [-0.15, -0.1) is 0 Å². The Kier molecular flexibility index (Phi) is 7.30. The largest absolute Gasteiger partial charge is 0.352 e. The molecule has 0 aromatic heterocycles. The van der Waals surface area contributed by atoms with E-state index in [9.17, 15) is 4.79 Å². The van der Waals surface area contributed by atoms with Gasteiger partial charge in [0, 0.05) is 12.1 Å². The molecule has 0 aromatic carbocycles. The molecule has 0 radical (unpaired) electrons. The van der Waals surface area contributed by atoms with Gasteiger partial charge in [0.25, 0.3) is 0 Å². The molecule has 0 rings (SSSR count). The number of amides is 1. The van der Waals surface area contributed by atoms with Crippen LogP contribution in [0.2, 0.25) is 0 Å². The summed E-state index contributed by atoms with van der Waals surface area (Å²) in [4.78, 5) is 11.0. The molecule has 2 N–H and O–H groups in total. The van der Waals surface area contributed by atoms with Gasteiger partial charge in [0.2, 0.25) is 5.91 Å². The van der Waals surface area contributed by atoms with E-state index in [1.54, 1.807) is 6.92 Å². The number of unbranched alkanes of at least 4 members (excludes halogenated alkanes) is 1. The minimum absolute atomic E-state index is 0.0385. The summed E-state index contributed by atoms with van der Waals surface area (Å²) in [5, 5.41) is 6.02. The Morgan fingerprint density at radius 3 is 2.46 bits per heavy atom. The highest BCUT2D eigenvalue weighted by Crippen LogP contribution is 1.88. The summed E-state index contributed by atoms with van der Waals surface area (Å²) in [5.41, 5.74) is 0.576. The van der Waals surface area contributed by atoms with E-state index < -0.39 is 0 Å². The maximum Gasteiger partial charge on any atom is 0.246 e. The van der Waals surface area contributed by atoms with E-state index >= 15 is 0 Å². The zero-order valence-corrected chi connectivity index (χ0v) is 8.65. The van der Waals surface area contributed by atoms with Crippen LogP contribution in [0.5, 0.6) is 0 Å². The smallest absolute Gasteiger partial charge is 0.246 e. The second-order valence-electron chi connectivity index (χ2n) is 3.10. The van der Waals surface area contributed by atoms with Gasteiger partial charge in [0.1, 0.15) is 0 Å². The van der Waals surface area contributed by atoms with E-state index in [-0.39, 0.29) is 5.91 Å². The molecule has 76 valence electrons. The summed E-state index contributed by atoms with van der Waals surface area (Å²) in [6, 6.07) is 0. The molecular formula is C10H20N2O. The minimum atomic E-state index is -0.0385. The van der Waals surface area contributed by atoms with Crippen molar-refractivity contribution in [3.05, 3.63) is 12.2 Å². The van der Waals surface area contributed by atoms with Crippen LogP contribution in [-0.2, 0) is 4.79 Å². The molecule has 3 heteroatoms. The molecule has 3 nitrogen and oxygen atoms in total. The summed E-state index contributed by atoms with van der Waals surface area (Å²) in [5.74, 6) is -0.0385. The Morgan fingerprint density at radius 1 is 1.31 bits per heavy atom. The lowest BCUT2D eigenvalue weighted by Gasteiger charge is -2.04. The third kappa shape index (κ3) is 7.53. The highest BCUT2D eigenvalue weighted by Gasteiger charge is 1.98. The normalized spacial score (nSPS) is 9.69. The number of hydrogen-bond acceptors (Lipinski definition) is 2. The Bertz CT molecular complexity index is 166. The number of hydrogen-bond donors (Lipinski definition) is 2. The van der Waals surface area contributed by atoms with Crippen LogP contribution in [0.1, 0.15) is 26.7 Å². The maximum absolute atomic E-state index is 11.0. The van der Waals surface area contributed by atoms with E-state index in [1.165, 1.54) is 0 Å². The molecule has 0 aliphatic heterocycles. The van der Waals surface area contributed by atoms with E-state index in [0.29, 0.717) is 5.57 Å². The first-order chi connectivity index (χ1) is 6.18. The van der Waals surface area contributed by atoms with E-state index in [2.05, 4.69) is 24.1 Å². The first-order valence-corrected chi connectivity index (χ1v) is 4.83. The fraction of sp³-hybridized carbons (Fsp3) is 0.700. The molecule has 0 aliphatic carbocycles. The summed E-state index contributed by atoms with van der Waals surface area (Å²) >= 11 is 0. The Labute approximate surface area is 80.6 Å².